The number of H-pyrrole nitrogens is 1. The molecule has 26 heavy (non-hydrogen) atoms. The molecule has 1 aromatic carbocycles. The lowest BCUT2D eigenvalue weighted by Gasteiger charge is -2.38. The molecule has 2 saturated heterocycles. The van der Waals surface area contributed by atoms with Crippen LogP contribution in [0.4, 0.5) is 5.69 Å². The number of aromatic amines is 1. The molecule has 0 spiro atoms. The normalized spacial score (nSPS) is 22.0. The van der Waals surface area contributed by atoms with E-state index in [4.69, 9.17) is 0 Å². The predicted octanol–water partition coefficient (Wildman–Crippen LogP) is 1.65. The van der Waals surface area contributed by atoms with Gasteiger partial charge in [0.25, 0.3) is 5.56 Å². The van der Waals surface area contributed by atoms with Gasteiger partial charge in [-0.25, -0.2) is 5.10 Å². The van der Waals surface area contributed by atoms with Crippen LogP contribution in [0.15, 0.2) is 41.2 Å². The van der Waals surface area contributed by atoms with E-state index < -0.39 is 0 Å². The van der Waals surface area contributed by atoms with Crippen molar-refractivity contribution >= 4 is 5.69 Å². The minimum atomic E-state index is -0.144. The smallest absolute Gasteiger partial charge is 0.266 e. The molecule has 2 aromatic rings. The van der Waals surface area contributed by atoms with Crippen molar-refractivity contribution in [3.8, 4) is 11.3 Å². The fraction of sp³-hybridized carbons (Fsp3) is 0.500. The molecule has 0 unspecified atom stereocenters. The first kappa shape index (κ1) is 17.2. The molecule has 4 rings (SSSR count). The fourth-order valence-electron chi connectivity index (χ4n) is 4.12. The molecule has 2 aliphatic rings. The summed E-state index contributed by atoms with van der Waals surface area (Å²) in [7, 11) is 2.24. The zero-order valence-corrected chi connectivity index (χ0v) is 15.4. The molecule has 1 atom stereocenters. The Labute approximate surface area is 154 Å². The third-order valence-corrected chi connectivity index (χ3v) is 5.69. The number of nitrogens with one attached hydrogen (secondary N) is 1. The van der Waals surface area contributed by atoms with Crippen LogP contribution >= 0.6 is 0 Å². The summed E-state index contributed by atoms with van der Waals surface area (Å²) in [5.74, 6) is 0. The van der Waals surface area contributed by atoms with Gasteiger partial charge in [-0.1, -0.05) is 30.3 Å². The number of rotatable bonds is 4. The average Bonchev–Trinajstić information content (AvgIpc) is 3.08. The van der Waals surface area contributed by atoms with Crippen LogP contribution < -0.4 is 10.5 Å². The van der Waals surface area contributed by atoms with Crippen molar-refractivity contribution in [1.29, 1.82) is 0 Å². The SMILES string of the molecule is CN1CCC[C@H]1CN1CCN(c2cc(=O)[nH]nc2-c2ccccc2)CC1. The first-order valence-corrected chi connectivity index (χ1v) is 9.53. The Bertz CT molecular complexity index is 782. The number of aromatic nitrogens is 2. The van der Waals surface area contributed by atoms with E-state index in [9.17, 15) is 4.79 Å². The van der Waals surface area contributed by atoms with Crippen molar-refractivity contribution in [2.24, 2.45) is 0 Å². The zero-order valence-electron chi connectivity index (χ0n) is 15.4. The molecule has 0 bridgehead atoms. The summed E-state index contributed by atoms with van der Waals surface area (Å²) in [5.41, 5.74) is 2.69. The van der Waals surface area contributed by atoms with Crippen molar-refractivity contribution in [2.45, 2.75) is 18.9 Å². The van der Waals surface area contributed by atoms with Crippen LogP contribution in [-0.4, -0.2) is 72.4 Å². The van der Waals surface area contributed by atoms with Crippen LogP contribution in [0, 0.1) is 0 Å². The Kier molecular flexibility index (Phi) is 5.04. The molecule has 1 aromatic heterocycles. The summed E-state index contributed by atoms with van der Waals surface area (Å²) in [6.45, 7) is 6.31. The maximum atomic E-state index is 11.9. The Morgan fingerprint density at radius 1 is 1.12 bits per heavy atom. The van der Waals surface area contributed by atoms with E-state index >= 15 is 0 Å². The number of likely N-dealkylation sites (tertiary alicyclic amines) is 1. The predicted molar refractivity (Wildman–Crippen MR) is 105 cm³/mol. The molecule has 2 fully saturated rings. The highest BCUT2D eigenvalue weighted by Crippen LogP contribution is 2.28. The maximum absolute atomic E-state index is 11.9. The molecule has 3 heterocycles. The van der Waals surface area contributed by atoms with E-state index in [1.165, 1.54) is 19.4 Å². The van der Waals surface area contributed by atoms with E-state index in [0.717, 1.165) is 49.7 Å². The van der Waals surface area contributed by atoms with Gasteiger partial charge in [-0.15, -0.1) is 0 Å². The molecule has 6 heteroatoms. The summed E-state index contributed by atoms with van der Waals surface area (Å²) in [4.78, 5) is 19.2. The van der Waals surface area contributed by atoms with Crippen LogP contribution in [0.25, 0.3) is 11.3 Å². The topological polar surface area (TPSA) is 55.5 Å². The second kappa shape index (κ2) is 7.60. The van der Waals surface area contributed by atoms with Gasteiger partial charge in [0, 0.05) is 50.4 Å². The molecule has 1 N–H and O–H groups in total. The molecular formula is C20H27N5O. The molecule has 0 radical (unpaired) electrons. The van der Waals surface area contributed by atoms with Crippen LogP contribution in [0.1, 0.15) is 12.8 Å². The standard InChI is InChI=1S/C20H27N5O/c1-23-9-5-8-17(23)15-24-10-12-25(13-11-24)18-14-19(26)21-22-20(18)16-6-3-2-4-7-16/h2-4,6-7,14,17H,5,8-13,15H2,1H3,(H,21,26)/t17-/m0/s1. The third-order valence-electron chi connectivity index (χ3n) is 5.69. The highest BCUT2D eigenvalue weighted by molar-refractivity contribution is 5.74. The summed E-state index contributed by atoms with van der Waals surface area (Å²) < 4.78 is 0. The number of likely N-dealkylation sites (N-methyl/N-ethyl adjacent to an activating group) is 1. The highest BCUT2D eigenvalue weighted by atomic mass is 16.1. The van der Waals surface area contributed by atoms with Crippen molar-refractivity contribution in [3.63, 3.8) is 0 Å². The molecule has 138 valence electrons. The largest absolute Gasteiger partial charge is 0.367 e. The van der Waals surface area contributed by atoms with Gasteiger partial charge >= 0.3 is 0 Å². The highest BCUT2D eigenvalue weighted by Gasteiger charge is 2.26. The third kappa shape index (κ3) is 3.66. The minimum absolute atomic E-state index is 0.144. The lowest BCUT2D eigenvalue weighted by atomic mass is 10.1. The summed E-state index contributed by atoms with van der Waals surface area (Å²) >= 11 is 0. The van der Waals surface area contributed by atoms with Crippen molar-refractivity contribution in [3.05, 3.63) is 46.8 Å². The van der Waals surface area contributed by atoms with Gasteiger partial charge in [0.2, 0.25) is 0 Å². The van der Waals surface area contributed by atoms with Crippen LogP contribution in [0.5, 0.6) is 0 Å². The van der Waals surface area contributed by atoms with Crippen molar-refractivity contribution in [1.82, 2.24) is 20.0 Å². The number of piperazine rings is 1. The number of hydrogen-bond donors (Lipinski definition) is 1. The monoisotopic (exact) mass is 353 g/mol. The van der Waals surface area contributed by atoms with E-state index in [0.29, 0.717) is 6.04 Å². The first-order valence-electron chi connectivity index (χ1n) is 9.53. The zero-order chi connectivity index (χ0) is 17.9. The quantitative estimate of drug-likeness (QED) is 0.906. The molecule has 0 saturated carbocycles. The van der Waals surface area contributed by atoms with Crippen molar-refractivity contribution in [2.75, 3.05) is 51.2 Å². The number of nitrogens with zero attached hydrogens (tertiary/aromatic N) is 4. The van der Waals surface area contributed by atoms with Gasteiger partial charge in [0.1, 0.15) is 5.69 Å². The van der Waals surface area contributed by atoms with Crippen LogP contribution in [0.2, 0.25) is 0 Å². The second-order valence-corrected chi connectivity index (χ2v) is 7.40. The lowest BCUT2D eigenvalue weighted by Crippen LogP contribution is -2.50. The van der Waals surface area contributed by atoms with Gasteiger partial charge in [-0.2, -0.15) is 5.10 Å². The van der Waals surface area contributed by atoms with Crippen LogP contribution in [-0.2, 0) is 0 Å². The Morgan fingerprint density at radius 3 is 2.58 bits per heavy atom. The fourth-order valence-corrected chi connectivity index (χ4v) is 4.12. The Morgan fingerprint density at radius 2 is 1.88 bits per heavy atom. The summed E-state index contributed by atoms with van der Waals surface area (Å²) in [6, 6.07) is 12.5. The van der Waals surface area contributed by atoms with Crippen molar-refractivity contribution < 1.29 is 0 Å². The molecule has 0 amide bonds. The van der Waals surface area contributed by atoms with Gasteiger partial charge in [0.05, 0.1) is 5.69 Å². The van der Waals surface area contributed by atoms with E-state index in [2.05, 4.69) is 31.9 Å². The Balaban J connectivity index is 1.47. The van der Waals surface area contributed by atoms with Gasteiger partial charge < -0.3 is 9.80 Å². The average molecular weight is 353 g/mol. The number of anilines is 1. The lowest BCUT2D eigenvalue weighted by molar-refractivity contribution is 0.185. The summed E-state index contributed by atoms with van der Waals surface area (Å²) in [5, 5.41) is 6.93. The Hall–Kier alpha value is -2.18. The molecule has 0 aliphatic carbocycles. The van der Waals surface area contributed by atoms with Gasteiger partial charge in [-0.3, -0.25) is 9.69 Å². The number of hydrogen-bond acceptors (Lipinski definition) is 5. The van der Waals surface area contributed by atoms with Gasteiger partial charge in [-0.05, 0) is 26.4 Å². The summed E-state index contributed by atoms with van der Waals surface area (Å²) in [6.07, 6.45) is 2.63. The minimum Gasteiger partial charge on any atom is -0.367 e. The molecular weight excluding hydrogens is 326 g/mol. The van der Waals surface area contributed by atoms with E-state index in [1.54, 1.807) is 6.07 Å². The first-order chi connectivity index (χ1) is 12.7. The maximum Gasteiger partial charge on any atom is 0.266 e. The van der Waals surface area contributed by atoms with Crippen LogP contribution in [0.3, 0.4) is 0 Å². The number of benzene rings is 1. The molecule has 6 nitrogen and oxygen atoms in total. The van der Waals surface area contributed by atoms with E-state index in [1.807, 2.05) is 30.3 Å². The van der Waals surface area contributed by atoms with E-state index in [-0.39, 0.29) is 5.56 Å². The van der Waals surface area contributed by atoms with Gasteiger partial charge in [0.15, 0.2) is 0 Å². The second-order valence-electron chi connectivity index (χ2n) is 7.40. The molecule has 2 aliphatic heterocycles.